The number of methoxy groups -OCH3 is 1. The number of aromatic nitrogens is 2. The van der Waals surface area contributed by atoms with E-state index in [1.807, 2.05) is 35.2 Å². The second kappa shape index (κ2) is 9.57. The van der Waals surface area contributed by atoms with E-state index >= 15 is 0 Å². The van der Waals surface area contributed by atoms with E-state index in [0.717, 1.165) is 29.3 Å². The van der Waals surface area contributed by atoms with Crippen LogP contribution in [0.25, 0.3) is 0 Å². The molecule has 4 rings (SSSR count). The minimum Gasteiger partial charge on any atom is -0.497 e. The Bertz CT molecular complexity index is 1030. The van der Waals surface area contributed by atoms with E-state index in [1.165, 1.54) is 11.3 Å². The molecule has 0 bridgehead atoms. The highest BCUT2D eigenvalue weighted by Crippen LogP contribution is 2.30. The van der Waals surface area contributed by atoms with E-state index in [-0.39, 0.29) is 17.9 Å². The molecule has 0 radical (unpaired) electrons. The Kier molecular flexibility index (Phi) is 6.42. The Morgan fingerprint density at radius 3 is 2.32 bits per heavy atom. The van der Waals surface area contributed by atoms with Crippen LogP contribution in [-0.2, 0) is 0 Å². The van der Waals surface area contributed by atoms with Crippen molar-refractivity contribution in [3.63, 3.8) is 0 Å². The summed E-state index contributed by atoms with van der Waals surface area (Å²) >= 11 is 1.31. The number of hydrogen-bond donors (Lipinski definition) is 2. The lowest BCUT2D eigenvalue weighted by Gasteiger charge is -2.30. The Labute approximate surface area is 184 Å². The van der Waals surface area contributed by atoms with Crippen molar-refractivity contribution in [2.24, 2.45) is 0 Å². The molecule has 0 unspecified atom stereocenters. The van der Waals surface area contributed by atoms with Crippen molar-refractivity contribution in [1.29, 1.82) is 0 Å². The van der Waals surface area contributed by atoms with Crippen molar-refractivity contribution < 1.29 is 14.3 Å². The number of urea groups is 1. The lowest BCUT2D eigenvalue weighted by atomic mass is 9.98. The van der Waals surface area contributed by atoms with Gasteiger partial charge in [0.25, 0.3) is 5.91 Å². The van der Waals surface area contributed by atoms with Gasteiger partial charge in [-0.15, -0.1) is 10.2 Å². The number of nitrogens with one attached hydrogen (secondary N) is 2. The van der Waals surface area contributed by atoms with Gasteiger partial charge in [0.1, 0.15) is 10.8 Å². The first-order valence-electron chi connectivity index (χ1n) is 10.0. The number of ether oxygens (including phenoxy) is 1. The zero-order valence-corrected chi connectivity index (χ0v) is 17.9. The summed E-state index contributed by atoms with van der Waals surface area (Å²) in [5.41, 5.74) is 1.45. The van der Waals surface area contributed by atoms with E-state index in [1.54, 1.807) is 31.4 Å². The minimum absolute atomic E-state index is 0.0959. The first kappa shape index (κ1) is 20.8. The van der Waals surface area contributed by atoms with Gasteiger partial charge in [0.05, 0.1) is 7.11 Å². The van der Waals surface area contributed by atoms with E-state index in [0.29, 0.717) is 23.8 Å². The highest BCUT2D eigenvalue weighted by atomic mass is 32.1. The molecule has 2 heterocycles. The van der Waals surface area contributed by atoms with Gasteiger partial charge in [-0.1, -0.05) is 29.5 Å². The summed E-state index contributed by atoms with van der Waals surface area (Å²) in [6.07, 6.45) is 1.58. The third-order valence-corrected chi connectivity index (χ3v) is 6.22. The largest absolute Gasteiger partial charge is 0.497 e. The smallest absolute Gasteiger partial charge is 0.321 e. The summed E-state index contributed by atoms with van der Waals surface area (Å²) < 4.78 is 5.12. The predicted octanol–water partition coefficient (Wildman–Crippen LogP) is 4.21. The minimum atomic E-state index is -0.284. The maximum atomic E-state index is 12.5. The third-order valence-electron chi connectivity index (χ3n) is 5.14. The average molecular weight is 438 g/mol. The summed E-state index contributed by atoms with van der Waals surface area (Å²) in [6, 6.07) is 16.4. The molecule has 0 atom stereocenters. The molecule has 8 nitrogen and oxygen atoms in total. The van der Waals surface area contributed by atoms with Gasteiger partial charge in [-0.3, -0.25) is 4.79 Å². The molecule has 0 saturated carbocycles. The number of benzene rings is 2. The van der Waals surface area contributed by atoms with Crippen LogP contribution in [0.5, 0.6) is 5.75 Å². The molecule has 9 heteroatoms. The van der Waals surface area contributed by atoms with Crippen LogP contribution in [0.4, 0.5) is 16.2 Å². The van der Waals surface area contributed by atoms with Crippen molar-refractivity contribution in [2.75, 3.05) is 30.8 Å². The van der Waals surface area contributed by atoms with E-state index in [9.17, 15) is 9.59 Å². The fourth-order valence-corrected chi connectivity index (χ4v) is 4.31. The van der Waals surface area contributed by atoms with Crippen LogP contribution < -0.4 is 15.4 Å². The number of hydrogen-bond acceptors (Lipinski definition) is 6. The van der Waals surface area contributed by atoms with Gasteiger partial charge in [-0.2, -0.15) is 0 Å². The number of piperidine rings is 1. The Morgan fingerprint density at radius 1 is 0.968 bits per heavy atom. The van der Waals surface area contributed by atoms with E-state index in [4.69, 9.17) is 4.74 Å². The number of carbonyl (C=O) groups excluding carboxylic acids is 2. The van der Waals surface area contributed by atoms with Crippen LogP contribution in [0.1, 0.15) is 33.6 Å². The fraction of sp³-hybridized carbons (Fsp3) is 0.273. The number of carbonyl (C=O) groups is 2. The highest BCUT2D eigenvalue weighted by Gasteiger charge is 2.27. The zero-order valence-electron chi connectivity index (χ0n) is 17.1. The molecule has 0 aliphatic carbocycles. The molecular formula is C22H23N5O3S. The molecule has 1 aliphatic rings. The number of nitrogens with zero attached hydrogens (tertiary/aromatic N) is 3. The number of rotatable bonds is 5. The number of para-hydroxylation sites is 1. The standard InChI is InChI=1S/C22H23N5O3S/c1-30-18-9-7-17(8-10-18)23-19(28)21-26-25-20(31-21)15-11-13-27(14-12-15)22(29)24-16-5-3-2-4-6-16/h2-10,15H,11-14H2,1H3,(H,23,28)(H,24,29). The number of amides is 3. The van der Waals surface area contributed by atoms with E-state index in [2.05, 4.69) is 20.8 Å². The van der Waals surface area contributed by atoms with Crippen molar-refractivity contribution in [1.82, 2.24) is 15.1 Å². The van der Waals surface area contributed by atoms with Crippen molar-refractivity contribution >= 4 is 34.6 Å². The fourth-order valence-electron chi connectivity index (χ4n) is 3.40. The molecular weight excluding hydrogens is 414 g/mol. The summed E-state index contributed by atoms with van der Waals surface area (Å²) in [7, 11) is 1.59. The van der Waals surface area contributed by atoms with Gasteiger partial charge >= 0.3 is 6.03 Å². The molecule has 31 heavy (non-hydrogen) atoms. The normalized spacial score (nSPS) is 14.2. The lowest BCUT2D eigenvalue weighted by molar-refractivity contribution is 0.102. The maximum absolute atomic E-state index is 12.5. The number of likely N-dealkylation sites (tertiary alicyclic amines) is 1. The molecule has 3 aromatic rings. The summed E-state index contributed by atoms with van der Waals surface area (Å²) in [4.78, 5) is 26.7. The maximum Gasteiger partial charge on any atom is 0.321 e. The van der Waals surface area contributed by atoms with Crippen molar-refractivity contribution in [3.05, 3.63) is 64.6 Å². The zero-order chi connectivity index (χ0) is 21.6. The Balaban J connectivity index is 1.30. The molecule has 0 spiro atoms. The van der Waals surface area contributed by atoms with Gasteiger partial charge < -0.3 is 20.3 Å². The van der Waals surface area contributed by atoms with Gasteiger partial charge in [-0.25, -0.2) is 4.79 Å². The molecule has 2 N–H and O–H groups in total. The Hall–Kier alpha value is -3.46. The predicted molar refractivity (Wildman–Crippen MR) is 120 cm³/mol. The first-order chi connectivity index (χ1) is 15.1. The average Bonchev–Trinajstić information content (AvgIpc) is 3.31. The molecule has 1 saturated heterocycles. The second-order valence-electron chi connectivity index (χ2n) is 7.19. The van der Waals surface area contributed by atoms with Gasteiger partial charge in [0.2, 0.25) is 5.01 Å². The SMILES string of the molecule is COc1ccc(NC(=O)c2nnc(C3CCN(C(=O)Nc4ccccc4)CC3)s2)cc1. The molecule has 1 fully saturated rings. The topological polar surface area (TPSA) is 96.4 Å². The summed E-state index contributed by atoms with van der Waals surface area (Å²) in [5, 5.41) is 15.2. The molecule has 1 aliphatic heterocycles. The quantitative estimate of drug-likeness (QED) is 0.623. The monoisotopic (exact) mass is 437 g/mol. The summed E-state index contributed by atoms with van der Waals surface area (Å²) in [5.74, 6) is 0.634. The lowest BCUT2D eigenvalue weighted by Crippen LogP contribution is -2.40. The number of anilines is 2. The van der Waals surface area contributed by atoms with Crippen LogP contribution in [0.3, 0.4) is 0 Å². The molecule has 1 aromatic heterocycles. The van der Waals surface area contributed by atoms with Crippen molar-refractivity contribution in [3.8, 4) is 5.75 Å². The second-order valence-corrected chi connectivity index (χ2v) is 8.19. The highest BCUT2D eigenvalue weighted by molar-refractivity contribution is 7.13. The van der Waals surface area contributed by atoms with Crippen LogP contribution in [-0.4, -0.2) is 47.2 Å². The van der Waals surface area contributed by atoms with E-state index < -0.39 is 0 Å². The van der Waals surface area contributed by atoms with Crippen LogP contribution in [0.15, 0.2) is 54.6 Å². The van der Waals surface area contributed by atoms with Crippen LogP contribution in [0, 0.1) is 0 Å². The first-order valence-corrected chi connectivity index (χ1v) is 10.8. The van der Waals surface area contributed by atoms with Crippen molar-refractivity contribution in [2.45, 2.75) is 18.8 Å². The van der Waals surface area contributed by atoms with Gasteiger partial charge in [-0.05, 0) is 49.2 Å². The van der Waals surface area contributed by atoms with Gasteiger partial charge in [0, 0.05) is 30.4 Å². The molecule has 3 amide bonds. The molecule has 160 valence electrons. The third kappa shape index (κ3) is 5.18. The Morgan fingerprint density at radius 2 is 1.65 bits per heavy atom. The summed E-state index contributed by atoms with van der Waals surface area (Å²) in [6.45, 7) is 1.27. The van der Waals surface area contributed by atoms with Crippen LogP contribution in [0.2, 0.25) is 0 Å². The molecule has 2 aromatic carbocycles. The van der Waals surface area contributed by atoms with Crippen LogP contribution >= 0.6 is 11.3 Å². The van der Waals surface area contributed by atoms with Gasteiger partial charge in [0.15, 0.2) is 0 Å².